The van der Waals surface area contributed by atoms with Crippen molar-refractivity contribution in [3.63, 3.8) is 0 Å². The Kier molecular flexibility index (Phi) is 3.98. The van der Waals surface area contributed by atoms with Crippen molar-refractivity contribution in [2.24, 2.45) is 7.05 Å². The van der Waals surface area contributed by atoms with Crippen molar-refractivity contribution in [2.45, 2.75) is 32.0 Å². The number of fused-ring (bicyclic) bond motifs is 3. The Hall–Kier alpha value is -3.06. The van der Waals surface area contributed by atoms with E-state index >= 15 is 0 Å². The highest BCUT2D eigenvalue weighted by Gasteiger charge is 2.31. The third kappa shape index (κ3) is 2.79. The number of rotatable bonds is 5. The first-order valence-electron chi connectivity index (χ1n) is 9.42. The highest BCUT2D eigenvalue weighted by atomic mass is 19.1. The number of hydrogen-bond donors (Lipinski definition) is 0. The molecule has 0 spiro atoms. The van der Waals surface area contributed by atoms with Crippen LogP contribution in [0.25, 0.3) is 16.7 Å². The zero-order valence-electron chi connectivity index (χ0n) is 15.5. The van der Waals surface area contributed by atoms with E-state index in [4.69, 9.17) is 0 Å². The van der Waals surface area contributed by atoms with E-state index in [1.807, 2.05) is 40.8 Å². The number of benzene rings is 2. The molecule has 4 aromatic rings. The molecule has 28 heavy (non-hydrogen) atoms. The van der Waals surface area contributed by atoms with Gasteiger partial charge in [-0.15, -0.1) is 10.2 Å². The maximum atomic E-state index is 14.2. The van der Waals surface area contributed by atoms with Crippen LogP contribution in [-0.4, -0.2) is 30.1 Å². The quantitative estimate of drug-likeness (QED) is 0.537. The second-order valence-corrected chi connectivity index (χ2v) is 7.36. The van der Waals surface area contributed by atoms with Crippen LogP contribution in [-0.2, 0) is 20.1 Å². The van der Waals surface area contributed by atoms with Crippen LogP contribution in [0.15, 0.2) is 53.3 Å². The largest absolute Gasteiger partial charge is 0.289 e. The van der Waals surface area contributed by atoms with Crippen LogP contribution in [0, 0.1) is 5.82 Å². The van der Waals surface area contributed by atoms with Crippen LogP contribution < -0.4 is 5.56 Å². The van der Waals surface area contributed by atoms with Crippen molar-refractivity contribution in [3.8, 4) is 0 Å². The van der Waals surface area contributed by atoms with Gasteiger partial charge in [-0.3, -0.25) is 18.7 Å². The number of nitrogens with zero attached hydrogens (tertiary/aromatic N) is 5. The van der Waals surface area contributed by atoms with Crippen molar-refractivity contribution in [3.05, 3.63) is 76.1 Å². The Labute approximate surface area is 160 Å². The molecule has 142 valence electrons. The fraction of sp³-hybridized carbons (Fsp3) is 0.286. The van der Waals surface area contributed by atoms with E-state index < -0.39 is 0 Å². The van der Waals surface area contributed by atoms with Gasteiger partial charge in [0.2, 0.25) is 5.78 Å². The fourth-order valence-electron chi connectivity index (χ4n) is 3.78. The third-order valence-corrected chi connectivity index (χ3v) is 5.43. The van der Waals surface area contributed by atoms with Gasteiger partial charge in [-0.05, 0) is 31.0 Å². The lowest BCUT2D eigenvalue weighted by atomic mass is 10.2. The molecule has 7 heteroatoms. The molecule has 1 saturated carbocycles. The van der Waals surface area contributed by atoms with E-state index in [9.17, 15) is 9.18 Å². The van der Waals surface area contributed by atoms with Crippen molar-refractivity contribution in [1.29, 1.82) is 0 Å². The summed E-state index contributed by atoms with van der Waals surface area (Å²) in [5.41, 5.74) is 1.38. The predicted molar refractivity (Wildman–Crippen MR) is 104 cm³/mol. The molecule has 0 aliphatic heterocycles. The molecule has 0 N–H and O–H groups in total. The molecule has 0 unspecified atom stereocenters. The highest BCUT2D eigenvalue weighted by molar-refractivity contribution is 5.80. The number of aromatic nitrogens is 4. The average molecular weight is 377 g/mol. The second-order valence-electron chi connectivity index (χ2n) is 7.36. The fourth-order valence-corrected chi connectivity index (χ4v) is 3.78. The van der Waals surface area contributed by atoms with Crippen molar-refractivity contribution in [1.82, 2.24) is 24.1 Å². The Balaban J connectivity index is 1.59. The van der Waals surface area contributed by atoms with Crippen LogP contribution in [0.4, 0.5) is 4.39 Å². The Morgan fingerprint density at radius 1 is 1.07 bits per heavy atom. The summed E-state index contributed by atoms with van der Waals surface area (Å²) >= 11 is 0. The molecule has 5 rings (SSSR count). The Bertz CT molecular complexity index is 1240. The van der Waals surface area contributed by atoms with Gasteiger partial charge in [0.25, 0.3) is 5.56 Å². The summed E-state index contributed by atoms with van der Waals surface area (Å²) in [4.78, 5) is 14.8. The van der Waals surface area contributed by atoms with Crippen molar-refractivity contribution < 1.29 is 4.39 Å². The SMILES string of the molecule is Cn1c(=O)c2ccccc2n2c(CN(Cc3ccccc3F)C3CC3)nnc12. The standard InChI is InChI=1S/C21H20FN5O/c1-25-20(28)16-7-3-5-9-18(16)27-19(23-24-21(25)27)13-26(15-10-11-15)12-14-6-2-4-8-17(14)22/h2-9,15H,10-13H2,1H3. The third-order valence-electron chi connectivity index (χ3n) is 5.43. The summed E-state index contributed by atoms with van der Waals surface area (Å²) in [5, 5.41) is 9.27. The summed E-state index contributed by atoms with van der Waals surface area (Å²) in [7, 11) is 1.71. The monoisotopic (exact) mass is 377 g/mol. The zero-order valence-corrected chi connectivity index (χ0v) is 15.5. The molecule has 0 radical (unpaired) electrons. The molecule has 2 aromatic carbocycles. The van der Waals surface area contributed by atoms with Crippen LogP contribution >= 0.6 is 0 Å². The first-order valence-corrected chi connectivity index (χ1v) is 9.42. The zero-order chi connectivity index (χ0) is 19.3. The van der Waals surface area contributed by atoms with Gasteiger partial charge >= 0.3 is 0 Å². The van der Waals surface area contributed by atoms with E-state index in [-0.39, 0.29) is 11.4 Å². The molecule has 6 nitrogen and oxygen atoms in total. The number of para-hydroxylation sites is 1. The minimum atomic E-state index is -0.188. The Morgan fingerprint density at radius 3 is 2.61 bits per heavy atom. The number of aryl methyl sites for hydroxylation is 1. The molecule has 1 aliphatic rings. The number of hydrogen-bond acceptors (Lipinski definition) is 4. The van der Waals surface area contributed by atoms with Gasteiger partial charge in [0.15, 0.2) is 5.82 Å². The molecule has 1 aliphatic carbocycles. The summed E-state index contributed by atoms with van der Waals surface area (Å²) < 4.78 is 17.6. The molecular formula is C21H20FN5O. The van der Waals surface area contributed by atoms with Crippen LogP contribution in [0.5, 0.6) is 0 Å². The summed E-state index contributed by atoms with van der Waals surface area (Å²) in [6.07, 6.45) is 2.20. The Morgan fingerprint density at radius 2 is 1.82 bits per heavy atom. The molecule has 0 amide bonds. The summed E-state index contributed by atoms with van der Waals surface area (Å²) in [6, 6.07) is 14.8. The topological polar surface area (TPSA) is 55.4 Å². The molecule has 0 atom stereocenters. The second kappa shape index (κ2) is 6.53. The molecule has 0 bridgehead atoms. The normalized spacial score (nSPS) is 14.4. The van der Waals surface area contributed by atoms with E-state index in [1.165, 1.54) is 10.6 Å². The van der Waals surface area contributed by atoms with Gasteiger partial charge in [-0.1, -0.05) is 30.3 Å². The first-order chi connectivity index (χ1) is 13.6. The number of halogens is 1. The van der Waals surface area contributed by atoms with Gasteiger partial charge in [0.1, 0.15) is 5.82 Å². The maximum absolute atomic E-state index is 14.2. The van der Waals surface area contributed by atoms with E-state index in [1.54, 1.807) is 13.1 Å². The van der Waals surface area contributed by atoms with Gasteiger partial charge < -0.3 is 0 Å². The lowest BCUT2D eigenvalue weighted by Crippen LogP contribution is -2.27. The van der Waals surface area contributed by atoms with Crippen molar-refractivity contribution >= 4 is 16.7 Å². The molecule has 2 heterocycles. The van der Waals surface area contributed by atoms with Gasteiger partial charge in [0, 0.05) is 25.2 Å². The van der Waals surface area contributed by atoms with Crippen molar-refractivity contribution in [2.75, 3.05) is 0 Å². The van der Waals surface area contributed by atoms with E-state index in [0.717, 1.165) is 24.2 Å². The first kappa shape index (κ1) is 17.1. The predicted octanol–water partition coefficient (Wildman–Crippen LogP) is 2.88. The smallest absolute Gasteiger partial charge is 0.262 e. The summed E-state index contributed by atoms with van der Waals surface area (Å²) in [5.74, 6) is 1.08. The minimum absolute atomic E-state index is 0.0903. The van der Waals surface area contributed by atoms with Gasteiger partial charge in [-0.25, -0.2) is 4.39 Å². The minimum Gasteiger partial charge on any atom is -0.289 e. The van der Waals surface area contributed by atoms with Crippen LogP contribution in [0.1, 0.15) is 24.2 Å². The van der Waals surface area contributed by atoms with Gasteiger partial charge in [0.05, 0.1) is 17.4 Å². The lowest BCUT2D eigenvalue weighted by molar-refractivity contribution is 0.235. The molecular weight excluding hydrogens is 357 g/mol. The lowest BCUT2D eigenvalue weighted by Gasteiger charge is -2.21. The molecule has 0 saturated heterocycles. The maximum Gasteiger partial charge on any atom is 0.262 e. The molecule has 1 fully saturated rings. The average Bonchev–Trinajstić information content (AvgIpc) is 3.47. The molecule has 2 aromatic heterocycles. The summed E-state index contributed by atoms with van der Waals surface area (Å²) in [6.45, 7) is 1.07. The van der Waals surface area contributed by atoms with E-state index in [2.05, 4.69) is 15.1 Å². The van der Waals surface area contributed by atoms with Crippen LogP contribution in [0.3, 0.4) is 0 Å². The highest BCUT2D eigenvalue weighted by Crippen LogP contribution is 2.30. The van der Waals surface area contributed by atoms with E-state index in [0.29, 0.717) is 35.9 Å². The van der Waals surface area contributed by atoms with Gasteiger partial charge in [-0.2, -0.15) is 0 Å². The van der Waals surface area contributed by atoms with Crippen LogP contribution in [0.2, 0.25) is 0 Å².